The fourth-order valence-corrected chi connectivity index (χ4v) is 8.30. The lowest BCUT2D eigenvalue weighted by atomic mass is 9.86. The molecule has 65 heavy (non-hydrogen) atoms. The van der Waals surface area contributed by atoms with Crippen LogP contribution in [0.2, 0.25) is 0 Å². The van der Waals surface area contributed by atoms with Crippen LogP contribution in [0.4, 0.5) is 15.3 Å². The lowest BCUT2D eigenvalue weighted by molar-refractivity contribution is -0.132. The molecule has 0 aliphatic carbocycles. The normalized spacial score (nSPS) is 15.2. The van der Waals surface area contributed by atoms with Crippen LogP contribution in [0.3, 0.4) is 0 Å². The van der Waals surface area contributed by atoms with Gasteiger partial charge in [-0.15, -0.1) is 0 Å². The molecule has 1 saturated heterocycles. The Labute approximate surface area is 382 Å². The van der Waals surface area contributed by atoms with Crippen LogP contribution < -0.4 is 15.6 Å². The average molecular weight is 883 g/mol. The van der Waals surface area contributed by atoms with Crippen molar-refractivity contribution in [3.63, 3.8) is 0 Å². The zero-order valence-corrected chi connectivity index (χ0v) is 38.2. The Kier molecular flexibility index (Phi) is 16.1. The first-order chi connectivity index (χ1) is 31.1. The monoisotopic (exact) mass is 882 g/mol. The van der Waals surface area contributed by atoms with E-state index < -0.39 is 41.6 Å². The van der Waals surface area contributed by atoms with E-state index in [0.717, 1.165) is 33.5 Å². The minimum atomic E-state index is -1.35. The fraction of sp³-hybridized carbons (Fsp3) is 0.373. The maximum Gasteiger partial charge on any atom is 0.405 e. The molecule has 1 aliphatic rings. The van der Waals surface area contributed by atoms with Gasteiger partial charge < -0.3 is 30.2 Å². The van der Waals surface area contributed by atoms with Crippen LogP contribution in [-0.2, 0) is 29.1 Å². The number of nitrogens with zero attached hydrogens (tertiary/aromatic N) is 6. The molecule has 1 aliphatic heterocycles. The highest BCUT2D eigenvalue weighted by Gasteiger charge is 2.45. The number of carbonyl (C=O) groups excluding carboxylic acids is 3. The van der Waals surface area contributed by atoms with Gasteiger partial charge in [-0.1, -0.05) is 120 Å². The van der Waals surface area contributed by atoms with Gasteiger partial charge in [0.25, 0.3) is 5.91 Å². The Morgan fingerprint density at radius 2 is 1.54 bits per heavy atom. The van der Waals surface area contributed by atoms with Gasteiger partial charge in [0.05, 0.1) is 17.8 Å². The van der Waals surface area contributed by atoms with E-state index in [4.69, 9.17) is 0 Å². The molecule has 6 rings (SSSR count). The number of nitrogens with one attached hydrogen (secondary N) is 2. The molecule has 4 N–H and O–H groups in total. The number of hydrogen-bond donors (Lipinski definition) is 4. The second-order valence-electron chi connectivity index (χ2n) is 17.9. The number of rotatable bonds is 19. The van der Waals surface area contributed by atoms with E-state index in [1.165, 1.54) is 0 Å². The van der Waals surface area contributed by atoms with Crippen molar-refractivity contribution >= 4 is 29.6 Å². The van der Waals surface area contributed by atoms with E-state index >= 15 is 4.79 Å². The van der Waals surface area contributed by atoms with E-state index in [-0.39, 0.29) is 37.4 Å². The first-order valence-corrected chi connectivity index (χ1v) is 22.2. The van der Waals surface area contributed by atoms with Gasteiger partial charge in [0.1, 0.15) is 12.1 Å². The zero-order valence-electron chi connectivity index (χ0n) is 38.2. The van der Waals surface area contributed by atoms with Crippen LogP contribution in [0.15, 0.2) is 128 Å². The summed E-state index contributed by atoms with van der Waals surface area (Å²) in [7, 11) is 0. The summed E-state index contributed by atoms with van der Waals surface area (Å²) in [6.45, 7) is 12.3. The maximum atomic E-state index is 15.7. The zero-order chi connectivity index (χ0) is 46.7. The third kappa shape index (κ3) is 12.3. The molecule has 5 aromatic rings. The number of aromatic nitrogens is 2. The number of aliphatic hydroxyl groups excluding tert-OH is 1. The number of pyridine rings is 2. The van der Waals surface area contributed by atoms with E-state index in [1.807, 2.05) is 130 Å². The second kappa shape index (κ2) is 21.8. The van der Waals surface area contributed by atoms with Gasteiger partial charge in [-0.05, 0) is 77.3 Å². The number of para-hydroxylation sites is 1. The molecule has 3 aromatic carbocycles. The summed E-state index contributed by atoms with van der Waals surface area (Å²) >= 11 is 0. The maximum absolute atomic E-state index is 15.7. The number of aliphatic hydroxyl groups is 1. The highest BCUT2D eigenvalue weighted by Crippen LogP contribution is 2.30. The van der Waals surface area contributed by atoms with Gasteiger partial charge in [0.2, 0.25) is 5.91 Å². The number of aryl methyl sites for hydroxylation is 1. The number of amides is 5. The SMILES string of the molecule is CCC(C)C(C(=O)N(c1ccccc1)C(Cc1ccccc1)C(O)CN(Cc1ccc(-c2ccccn2)cc1)NC(=O)C(NC(=O)O)C(C)(C)C)N1CCN(Cc2cnccc2C)C1=O. The van der Waals surface area contributed by atoms with Crippen molar-refractivity contribution in [3.05, 3.63) is 150 Å². The van der Waals surface area contributed by atoms with Gasteiger partial charge in [-0.3, -0.25) is 25.0 Å². The summed E-state index contributed by atoms with van der Waals surface area (Å²) in [6, 6.07) is 30.9. The molecule has 5 atom stereocenters. The van der Waals surface area contributed by atoms with E-state index in [1.54, 1.807) is 59.1 Å². The van der Waals surface area contributed by atoms with Crippen molar-refractivity contribution in [3.8, 4) is 11.3 Å². The third-order valence-corrected chi connectivity index (χ3v) is 12.1. The van der Waals surface area contributed by atoms with Crippen molar-refractivity contribution in [1.29, 1.82) is 0 Å². The number of hydrazine groups is 1. The minimum absolute atomic E-state index is 0.122. The van der Waals surface area contributed by atoms with Crippen molar-refractivity contribution in [1.82, 2.24) is 35.5 Å². The van der Waals surface area contributed by atoms with E-state index in [9.17, 15) is 24.6 Å². The first-order valence-electron chi connectivity index (χ1n) is 22.2. The number of carbonyl (C=O) groups is 4. The summed E-state index contributed by atoms with van der Waals surface area (Å²) < 4.78 is 0. The van der Waals surface area contributed by atoms with Gasteiger partial charge in [-0.2, -0.15) is 0 Å². The number of hydrogen-bond acceptors (Lipinski definition) is 8. The Balaban J connectivity index is 1.38. The molecule has 1 fully saturated rings. The Hall–Kier alpha value is -6.64. The number of anilines is 1. The molecule has 0 spiro atoms. The van der Waals surface area contributed by atoms with Crippen LogP contribution in [-0.4, -0.2) is 103 Å². The summed E-state index contributed by atoms with van der Waals surface area (Å²) in [5.74, 6) is -1.20. The van der Waals surface area contributed by atoms with Crippen molar-refractivity contribution in [2.75, 3.05) is 24.5 Å². The third-order valence-electron chi connectivity index (χ3n) is 12.1. The Morgan fingerprint density at radius 3 is 2.15 bits per heavy atom. The average Bonchev–Trinajstić information content (AvgIpc) is 3.64. The molecule has 14 heteroatoms. The summed E-state index contributed by atoms with van der Waals surface area (Å²) in [4.78, 5) is 69.9. The van der Waals surface area contributed by atoms with Crippen molar-refractivity contribution in [2.45, 2.75) is 91.7 Å². The van der Waals surface area contributed by atoms with Crippen molar-refractivity contribution < 1.29 is 29.4 Å². The first kappa shape index (κ1) is 47.8. The number of carboxylic acid groups (broad SMARTS) is 1. The quantitative estimate of drug-likeness (QED) is 0.0621. The van der Waals surface area contributed by atoms with Crippen LogP contribution in [0.1, 0.15) is 63.3 Å². The van der Waals surface area contributed by atoms with E-state index in [0.29, 0.717) is 31.7 Å². The molecule has 0 saturated carbocycles. The largest absolute Gasteiger partial charge is 0.465 e. The molecular formula is C51H62N8O6. The summed E-state index contributed by atoms with van der Waals surface area (Å²) in [5, 5.41) is 26.5. The number of benzene rings is 3. The molecular weight excluding hydrogens is 821 g/mol. The van der Waals surface area contributed by atoms with Gasteiger partial charge in [-0.25, -0.2) is 14.6 Å². The van der Waals surface area contributed by atoms with Gasteiger partial charge >= 0.3 is 12.1 Å². The predicted octanol–water partition coefficient (Wildman–Crippen LogP) is 7.33. The van der Waals surface area contributed by atoms with E-state index in [2.05, 4.69) is 20.7 Å². The van der Waals surface area contributed by atoms with Crippen LogP contribution in [0, 0.1) is 18.3 Å². The van der Waals surface area contributed by atoms with Gasteiger partial charge in [0.15, 0.2) is 0 Å². The molecule has 5 unspecified atom stereocenters. The van der Waals surface area contributed by atoms with Crippen LogP contribution in [0.25, 0.3) is 11.3 Å². The molecule has 0 bridgehead atoms. The molecule has 2 aromatic heterocycles. The highest BCUT2D eigenvalue weighted by atomic mass is 16.4. The van der Waals surface area contributed by atoms with Gasteiger partial charge in [0, 0.05) is 62.6 Å². The topological polar surface area (TPSA) is 172 Å². The fourth-order valence-electron chi connectivity index (χ4n) is 8.30. The van der Waals surface area contributed by atoms with Crippen LogP contribution >= 0.6 is 0 Å². The predicted molar refractivity (Wildman–Crippen MR) is 251 cm³/mol. The summed E-state index contributed by atoms with van der Waals surface area (Å²) in [5.41, 5.74) is 7.97. The number of urea groups is 1. The lowest BCUT2D eigenvalue weighted by Crippen LogP contribution is -2.61. The van der Waals surface area contributed by atoms with Crippen LogP contribution in [0.5, 0.6) is 0 Å². The standard InChI is InChI=1S/C51H62N8O6/c1-7-35(2)45(58-29-28-56(50(58)65)33-40-31-52-27-25-36(40)3)48(62)59(41-18-12-9-13-19-41)43(30-37-16-10-8-11-17-37)44(60)34-57(55-47(61)46(51(4,5)6)54-49(63)64)32-38-21-23-39(24-22-38)42-20-14-15-26-53-42/h8-27,31,35,43-46,54,60H,7,28-30,32-34H2,1-6H3,(H,55,61)(H,63,64). The smallest absolute Gasteiger partial charge is 0.405 e. The van der Waals surface area contributed by atoms with Crippen molar-refractivity contribution in [2.24, 2.45) is 11.3 Å². The molecule has 342 valence electrons. The highest BCUT2D eigenvalue weighted by molar-refractivity contribution is 6.00. The summed E-state index contributed by atoms with van der Waals surface area (Å²) in [6.07, 6.45) is 3.40. The molecule has 0 radical (unpaired) electrons. The minimum Gasteiger partial charge on any atom is -0.465 e. The Morgan fingerprint density at radius 1 is 0.862 bits per heavy atom. The Bertz CT molecular complexity index is 2350. The molecule has 3 heterocycles. The second-order valence-corrected chi connectivity index (χ2v) is 17.9. The lowest BCUT2D eigenvalue weighted by Gasteiger charge is -2.41. The molecule has 14 nitrogen and oxygen atoms in total. The molecule has 5 amide bonds.